The molecule has 1 aromatic carbocycles. The standard InChI is InChI=1S/C13H4Cl3F6N3OS/c14-6-1-4(26-12(17,18)19)2-7(15)8(6)25-10(16)5(3-23)9(11(25)24)27-13(20,21)22/h1-2H,24H2. The Morgan fingerprint density at radius 1 is 1.07 bits per heavy atom. The van der Waals surface area contributed by atoms with E-state index in [1.165, 1.54) is 6.07 Å². The summed E-state index contributed by atoms with van der Waals surface area (Å²) in [4.78, 5) is -0.697. The summed E-state index contributed by atoms with van der Waals surface area (Å²) in [5.74, 6) is -1.39. The number of nitrogens with two attached hydrogens (primary N) is 1. The van der Waals surface area contributed by atoms with Crippen molar-refractivity contribution < 1.29 is 31.1 Å². The highest BCUT2D eigenvalue weighted by Gasteiger charge is 2.36. The minimum atomic E-state index is -5.03. The van der Waals surface area contributed by atoms with Gasteiger partial charge in [-0.15, -0.1) is 13.2 Å². The van der Waals surface area contributed by atoms with E-state index in [0.29, 0.717) is 12.1 Å². The molecule has 0 atom stereocenters. The smallest absolute Gasteiger partial charge is 0.406 e. The number of halogens is 9. The number of nitrogen functional groups attached to an aromatic ring is 1. The van der Waals surface area contributed by atoms with E-state index in [2.05, 4.69) is 4.74 Å². The molecule has 0 saturated carbocycles. The van der Waals surface area contributed by atoms with E-state index in [1.807, 2.05) is 0 Å². The Morgan fingerprint density at radius 2 is 1.59 bits per heavy atom. The number of nitrogens with zero attached hydrogens (tertiary/aromatic N) is 2. The number of rotatable bonds is 3. The van der Waals surface area contributed by atoms with Gasteiger partial charge in [-0.3, -0.25) is 4.57 Å². The Kier molecular flexibility index (Phi) is 5.96. The Hall–Kier alpha value is -1.61. The molecule has 4 nitrogen and oxygen atoms in total. The first-order valence-electron chi connectivity index (χ1n) is 6.36. The Bertz CT molecular complexity index is 912. The SMILES string of the molecule is N#Cc1c(SC(F)(F)F)c(N)n(-c2c(Cl)cc(OC(F)(F)F)cc2Cl)c1Cl. The van der Waals surface area contributed by atoms with E-state index in [-0.39, 0.29) is 5.69 Å². The van der Waals surface area contributed by atoms with Crippen LogP contribution in [0.15, 0.2) is 17.0 Å². The molecule has 1 heterocycles. The fourth-order valence-electron chi connectivity index (χ4n) is 2.02. The molecule has 0 aliphatic rings. The molecule has 0 radical (unpaired) electrons. The molecule has 0 bridgehead atoms. The molecule has 0 fully saturated rings. The third kappa shape index (κ3) is 4.82. The van der Waals surface area contributed by atoms with Crippen LogP contribution in [0.25, 0.3) is 5.69 Å². The second kappa shape index (κ2) is 7.43. The molecule has 146 valence electrons. The van der Waals surface area contributed by atoms with Crippen LogP contribution in [-0.2, 0) is 0 Å². The van der Waals surface area contributed by atoms with Gasteiger partial charge in [0.2, 0.25) is 0 Å². The van der Waals surface area contributed by atoms with Crippen LogP contribution < -0.4 is 10.5 Å². The van der Waals surface area contributed by atoms with Gasteiger partial charge in [0, 0.05) is 12.1 Å². The van der Waals surface area contributed by atoms with Gasteiger partial charge in [-0.2, -0.15) is 18.4 Å². The van der Waals surface area contributed by atoms with Crippen molar-refractivity contribution in [2.75, 3.05) is 5.73 Å². The van der Waals surface area contributed by atoms with Crippen LogP contribution in [0.1, 0.15) is 5.56 Å². The second-order valence-electron chi connectivity index (χ2n) is 4.66. The van der Waals surface area contributed by atoms with Crippen LogP contribution in [0.5, 0.6) is 5.75 Å². The van der Waals surface area contributed by atoms with Crippen LogP contribution in [0.2, 0.25) is 15.2 Å². The predicted octanol–water partition coefficient (Wildman–Crippen LogP) is 6.40. The second-order valence-corrected chi connectivity index (χ2v) is 6.91. The van der Waals surface area contributed by atoms with Gasteiger partial charge in [0.15, 0.2) is 0 Å². The lowest BCUT2D eigenvalue weighted by molar-refractivity contribution is -0.274. The molecule has 0 aliphatic carbocycles. The number of nitriles is 1. The number of ether oxygens (including phenoxy) is 1. The molecule has 1 aromatic heterocycles. The zero-order chi connectivity index (χ0) is 20.7. The van der Waals surface area contributed by atoms with Gasteiger partial charge in [-0.25, -0.2) is 0 Å². The molecule has 0 spiro atoms. The molecule has 0 amide bonds. The summed E-state index contributed by atoms with van der Waals surface area (Å²) >= 11 is 17.1. The summed E-state index contributed by atoms with van der Waals surface area (Å²) in [6.45, 7) is 0. The summed E-state index contributed by atoms with van der Waals surface area (Å²) in [7, 11) is 0. The fraction of sp³-hybridized carbons (Fsp3) is 0.154. The molecular weight excluding hydrogens is 467 g/mol. The van der Waals surface area contributed by atoms with Crippen molar-refractivity contribution in [1.29, 1.82) is 5.26 Å². The van der Waals surface area contributed by atoms with Crippen LogP contribution in [-0.4, -0.2) is 16.4 Å². The number of alkyl halides is 6. The molecule has 2 aromatic rings. The number of thioether (sulfide) groups is 1. The van der Waals surface area contributed by atoms with Gasteiger partial charge in [0.25, 0.3) is 0 Å². The van der Waals surface area contributed by atoms with E-state index < -0.39 is 60.9 Å². The monoisotopic (exact) mass is 469 g/mol. The fourth-order valence-corrected chi connectivity index (χ4v) is 3.70. The lowest BCUT2D eigenvalue weighted by atomic mass is 10.3. The number of hydrogen-bond acceptors (Lipinski definition) is 4. The van der Waals surface area contributed by atoms with Crippen LogP contribution in [0.3, 0.4) is 0 Å². The third-order valence-electron chi connectivity index (χ3n) is 2.88. The van der Waals surface area contributed by atoms with Crippen molar-refractivity contribution in [3.63, 3.8) is 0 Å². The topological polar surface area (TPSA) is 64.0 Å². The van der Waals surface area contributed by atoms with Crippen LogP contribution >= 0.6 is 46.6 Å². The van der Waals surface area contributed by atoms with Gasteiger partial charge in [0.1, 0.15) is 28.4 Å². The normalized spacial score (nSPS) is 12.1. The van der Waals surface area contributed by atoms with E-state index in [9.17, 15) is 26.3 Å². The largest absolute Gasteiger partial charge is 0.573 e. The van der Waals surface area contributed by atoms with E-state index in [0.717, 1.165) is 4.57 Å². The average molecular weight is 471 g/mol. The molecule has 0 aliphatic heterocycles. The zero-order valence-electron chi connectivity index (χ0n) is 12.3. The molecular formula is C13H4Cl3F6N3OS. The minimum Gasteiger partial charge on any atom is -0.406 e. The molecule has 2 N–H and O–H groups in total. The summed E-state index contributed by atoms with van der Waals surface area (Å²) < 4.78 is 79.5. The van der Waals surface area contributed by atoms with Crippen molar-refractivity contribution >= 4 is 52.4 Å². The predicted molar refractivity (Wildman–Crippen MR) is 88.5 cm³/mol. The first-order valence-corrected chi connectivity index (χ1v) is 8.31. The zero-order valence-corrected chi connectivity index (χ0v) is 15.4. The first-order chi connectivity index (χ1) is 12.2. The third-order valence-corrected chi connectivity index (χ3v) is 4.66. The maximum Gasteiger partial charge on any atom is 0.573 e. The molecule has 14 heteroatoms. The lowest BCUT2D eigenvalue weighted by Crippen LogP contribution is -2.17. The average Bonchev–Trinajstić information content (AvgIpc) is 2.67. The van der Waals surface area contributed by atoms with E-state index in [4.69, 9.17) is 45.8 Å². The lowest BCUT2D eigenvalue weighted by Gasteiger charge is -2.15. The van der Waals surface area contributed by atoms with Gasteiger partial charge in [-0.1, -0.05) is 34.8 Å². The van der Waals surface area contributed by atoms with E-state index in [1.54, 1.807) is 0 Å². The van der Waals surface area contributed by atoms with Gasteiger partial charge >= 0.3 is 11.9 Å². The highest BCUT2D eigenvalue weighted by Crippen LogP contribution is 2.48. The maximum absolute atomic E-state index is 12.7. The van der Waals surface area contributed by atoms with Gasteiger partial charge < -0.3 is 10.5 Å². The molecule has 27 heavy (non-hydrogen) atoms. The van der Waals surface area contributed by atoms with Crippen molar-refractivity contribution in [3.8, 4) is 17.5 Å². The number of aromatic nitrogens is 1. The maximum atomic E-state index is 12.7. The summed E-state index contributed by atoms with van der Waals surface area (Å²) in [6.07, 6.45) is -5.03. The molecule has 0 unspecified atom stereocenters. The summed E-state index contributed by atoms with van der Waals surface area (Å²) in [5.41, 5.74) is -0.0257. The highest BCUT2D eigenvalue weighted by atomic mass is 35.5. The Balaban J connectivity index is 2.68. The van der Waals surface area contributed by atoms with Crippen molar-refractivity contribution in [2.45, 2.75) is 16.8 Å². The number of hydrogen-bond donors (Lipinski definition) is 1. The Labute approximate surface area is 166 Å². The summed E-state index contributed by atoms with van der Waals surface area (Å²) in [6, 6.07) is 2.92. The first kappa shape index (κ1) is 21.7. The quantitative estimate of drug-likeness (QED) is 0.416. The number of anilines is 1. The Morgan fingerprint density at radius 3 is 2.00 bits per heavy atom. The minimum absolute atomic E-state index is 0.319. The van der Waals surface area contributed by atoms with Crippen molar-refractivity contribution in [3.05, 3.63) is 32.9 Å². The number of benzene rings is 1. The van der Waals surface area contributed by atoms with Crippen LogP contribution in [0, 0.1) is 11.3 Å². The van der Waals surface area contributed by atoms with Crippen molar-refractivity contribution in [2.24, 2.45) is 0 Å². The van der Waals surface area contributed by atoms with Gasteiger partial charge in [0.05, 0.1) is 20.6 Å². The van der Waals surface area contributed by atoms with Crippen LogP contribution in [0.4, 0.5) is 32.2 Å². The van der Waals surface area contributed by atoms with E-state index >= 15 is 0 Å². The van der Waals surface area contributed by atoms with Crippen molar-refractivity contribution in [1.82, 2.24) is 4.57 Å². The molecule has 2 rings (SSSR count). The summed E-state index contributed by atoms with van der Waals surface area (Å²) in [5, 5.41) is 7.63. The molecule has 0 saturated heterocycles. The van der Waals surface area contributed by atoms with Gasteiger partial charge in [-0.05, 0) is 11.8 Å². The highest BCUT2D eigenvalue weighted by molar-refractivity contribution is 8.00.